The van der Waals surface area contributed by atoms with E-state index >= 15 is 0 Å². The molecule has 3 atom stereocenters. The van der Waals surface area contributed by atoms with Crippen molar-refractivity contribution in [1.29, 1.82) is 0 Å². The van der Waals surface area contributed by atoms with Gasteiger partial charge in [0.25, 0.3) is 0 Å². The van der Waals surface area contributed by atoms with E-state index < -0.39 is 24.0 Å². The monoisotopic (exact) mass is 465 g/mol. The quantitative estimate of drug-likeness (QED) is 0.381. The van der Waals surface area contributed by atoms with E-state index in [4.69, 9.17) is 15.2 Å². The van der Waals surface area contributed by atoms with E-state index in [-0.39, 0.29) is 17.9 Å². The van der Waals surface area contributed by atoms with Crippen molar-refractivity contribution in [1.82, 2.24) is 4.90 Å². The third-order valence-electron chi connectivity index (χ3n) is 6.57. The van der Waals surface area contributed by atoms with Gasteiger partial charge in [0.2, 0.25) is 0 Å². The van der Waals surface area contributed by atoms with Crippen LogP contribution in [0.2, 0.25) is 0 Å². The number of nitrogens with two attached hydrogens (primary N) is 1. The Morgan fingerprint density at radius 1 is 1.21 bits per heavy atom. The Morgan fingerprint density at radius 2 is 1.91 bits per heavy atom. The zero-order valence-corrected chi connectivity index (χ0v) is 20.9. The number of carboxylic acids is 1. The zero-order chi connectivity index (χ0) is 24.6. The molecule has 33 heavy (non-hydrogen) atoms. The number of aliphatic hydroxyl groups is 1. The van der Waals surface area contributed by atoms with Gasteiger partial charge in [0.05, 0.1) is 24.3 Å². The van der Waals surface area contributed by atoms with Crippen LogP contribution >= 0.6 is 0 Å². The van der Waals surface area contributed by atoms with Crippen LogP contribution in [0.3, 0.4) is 0 Å². The summed E-state index contributed by atoms with van der Waals surface area (Å²) in [6.07, 6.45) is 0.148. The minimum Gasteiger partial charge on any atom is -0.491 e. The number of aliphatic hydroxyl groups excluding tert-OH is 1. The molecule has 1 saturated heterocycles. The number of ether oxygens (including phenoxy) is 2. The summed E-state index contributed by atoms with van der Waals surface area (Å²) < 4.78 is 11.1. The first-order chi connectivity index (χ1) is 15.6. The van der Waals surface area contributed by atoms with Gasteiger partial charge in [-0.1, -0.05) is 26.0 Å². The third-order valence-corrected chi connectivity index (χ3v) is 6.57. The minimum atomic E-state index is -0.881. The van der Waals surface area contributed by atoms with Crippen LogP contribution < -0.4 is 15.4 Å². The van der Waals surface area contributed by atoms with Gasteiger partial charge < -0.3 is 30.3 Å². The molecule has 2 rings (SSSR count). The average Bonchev–Trinajstić information content (AvgIpc) is 2.75. The van der Waals surface area contributed by atoms with Crippen molar-refractivity contribution in [3.63, 3.8) is 0 Å². The molecule has 4 N–H and O–H groups in total. The number of carboxylic acid groups (broad SMARTS) is 1. The lowest BCUT2D eigenvalue weighted by molar-refractivity contribution is -0.144. The molecule has 1 aliphatic heterocycles. The highest BCUT2D eigenvalue weighted by molar-refractivity contribution is 5.70. The molecule has 8 nitrogen and oxygen atoms in total. The van der Waals surface area contributed by atoms with Crippen LogP contribution in [0.1, 0.15) is 40.5 Å². The summed E-state index contributed by atoms with van der Waals surface area (Å²) in [5.41, 5.74) is 7.24. The first kappa shape index (κ1) is 27.4. The van der Waals surface area contributed by atoms with Crippen LogP contribution in [0, 0.1) is 11.8 Å². The standard InChI is InChI=1S/C25H43N3O5/c1-18(2)19(24(30)31)15-22(29)20(26)16-28-12-11-27(17-25(28,3)4)21-9-6-7-10-23(21)33-14-8-13-32-5/h6-7,9-10,18-20,22,29H,8,11-17,26H2,1-5H3,(H,30,31)/t19-,20-,22-/m0/s1. The number of aliphatic carboxylic acids is 1. The zero-order valence-electron chi connectivity index (χ0n) is 20.9. The lowest BCUT2D eigenvalue weighted by Gasteiger charge is -2.49. The van der Waals surface area contributed by atoms with Gasteiger partial charge in [0.15, 0.2) is 0 Å². The number of nitrogens with zero attached hydrogens (tertiary/aromatic N) is 2. The van der Waals surface area contributed by atoms with Crippen LogP contribution in [0.25, 0.3) is 0 Å². The molecule has 1 aromatic rings. The predicted molar refractivity (Wildman–Crippen MR) is 131 cm³/mol. The smallest absolute Gasteiger partial charge is 0.306 e. The van der Waals surface area contributed by atoms with E-state index in [1.54, 1.807) is 7.11 Å². The number of methoxy groups -OCH3 is 1. The molecule has 8 heteroatoms. The van der Waals surface area contributed by atoms with Crippen LogP contribution in [-0.4, -0.2) is 85.3 Å². The molecule has 1 fully saturated rings. The molecule has 188 valence electrons. The fourth-order valence-corrected chi connectivity index (χ4v) is 4.43. The number of benzene rings is 1. The highest BCUT2D eigenvalue weighted by Crippen LogP contribution is 2.33. The van der Waals surface area contributed by atoms with Crippen molar-refractivity contribution >= 4 is 11.7 Å². The number of para-hydroxylation sites is 2. The van der Waals surface area contributed by atoms with Crippen molar-refractivity contribution in [2.45, 2.75) is 58.2 Å². The summed E-state index contributed by atoms with van der Waals surface area (Å²) >= 11 is 0. The number of rotatable bonds is 13. The molecule has 0 aliphatic carbocycles. The molecular formula is C25H43N3O5. The van der Waals surface area contributed by atoms with Crippen LogP contribution in [0.15, 0.2) is 24.3 Å². The van der Waals surface area contributed by atoms with Crippen molar-refractivity contribution in [3.05, 3.63) is 24.3 Å². The van der Waals surface area contributed by atoms with Crippen molar-refractivity contribution < 1.29 is 24.5 Å². The minimum absolute atomic E-state index is 0.0545. The molecule has 0 bridgehead atoms. The topological polar surface area (TPSA) is 108 Å². The van der Waals surface area contributed by atoms with Crippen LogP contribution in [0.5, 0.6) is 5.75 Å². The number of piperazine rings is 1. The summed E-state index contributed by atoms with van der Waals surface area (Å²) in [6.45, 7) is 12.3. The number of carbonyl (C=O) groups is 1. The van der Waals surface area contributed by atoms with E-state index in [9.17, 15) is 15.0 Å². The van der Waals surface area contributed by atoms with Crippen molar-refractivity contribution in [2.75, 3.05) is 51.4 Å². The van der Waals surface area contributed by atoms with Crippen molar-refractivity contribution in [2.24, 2.45) is 17.6 Å². The molecule has 0 aromatic heterocycles. The van der Waals surface area contributed by atoms with Gasteiger partial charge in [0.1, 0.15) is 5.75 Å². The van der Waals surface area contributed by atoms with Gasteiger partial charge in [0, 0.05) is 57.9 Å². The second kappa shape index (κ2) is 12.6. The molecule has 0 radical (unpaired) electrons. The Labute approximate surface area is 198 Å². The highest BCUT2D eigenvalue weighted by Gasteiger charge is 2.37. The van der Waals surface area contributed by atoms with E-state index in [0.29, 0.717) is 19.8 Å². The normalized spacial score (nSPS) is 19.3. The molecule has 0 spiro atoms. The summed E-state index contributed by atoms with van der Waals surface area (Å²) in [6, 6.07) is 7.59. The lowest BCUT2D eigenvalue weighted by atomic mass is 9.88. The molecule has 0 amide bonds. The summed E-state index contributed by atoms with van der Waals surface area (Å²) in [7, 11) is 1.69. The Morgan fingerprint density at radius 3 is 2.52 bits per heavy atom. The van der Waals surface area contributed by atoms with E-state index in [0.717, 1.165) is 37.5 Å². The number of anilines is 1. The SMILES string of the molecule is COCCCOc1ccccc1N1CCN(C[C@H](N)[C@@H](O)C[C@H](C(=O)O)C(C)C)C(C)(C)C1. The molecule has 0 saturated carbocycles. The average molecular weight is 466 g/mol. The molecule has 1 aliphatic rings. The maximum Gasteiger partial charge on any atom is 0.306 e. The second-order valence-corrected chi connectivity index (χ2v) is 10.00. The first-order valence-corrected chi connectivity index (χ1v) is 11.9. The van der Waals surface area contributed by atoms with E-state index in [1.807, 2.05) is 32.0 Å². The summed E-state index contributed by atoms with van der Waals surface area (Å²) in [5.74, 6) is -0.663. The first-order valence-electron chi connectivity index (χ1n) is 11.9. The predicted octanol–water partition coefficient (Wildman–Crippen LogP) is 2.44. The third kappa shape index (κ3) is 7.84. The molecule has 1 heterocycles. The largest absolute Gasteiger partial charge is 0.491 e. The van der Waals surface area contributed by atoms with E-state index in [2.05, 4.69) is 29.7 Å². The maximum absolute atomic E-state index is 11.5. The fourth-order valence-electron chi connectivity index (χ4n) is 4.43. The Balaban J connectivity index is 1.99. The fraction of sp³-hybridized carbons (Fsp3) is 0.720. The number of hydrogen-bond acceptors (Lipinski definition) is 7. The Bertz CT molecular complexity index is 743. The Hall–Kier alpha value is -1.87. The number of hydrogen-bond donors (Lipinski definition) is 3. The second-order valence-electron chi connectivity index (χ2n) is 10.00. The summed E-state index contributed by atoms with van der Waals surface area (Å²) in [4.78, 5) is 16.1. The van der Waals surface area contributed by atoms with Gasteiger partial charge in [-0.25, -0.2) is 0 Å². The van der Waals surface area contributed by atoms with Gasteiger partial charge in [-0.15, -0.1) is 0 Å². The molecule has 0 unspecified atom stereocenters. The van der Waals surface area contributed by atoms with Crippen LogP contribution in [0.4, 0.5) is 5.69 Å². The maximum atomic E-state index is 11.5. The van der Waals surface area contributed by atoms with E-state index in [1.165, 1.54) is 0 Å². The molecule has 1 aromatic carbocycles. The lowest BCUT2D eigenvalue weighted by Crippen LogP contribution is -2.62. The van der Waals surface area contributed by atoms with Crippen LogP contribution in [-0.2, 0) is 9.53 Å². The summed E-state index contributed by atoms with van der Waals surface area (Å²) in [5, 5.41) is 20.1. The highest BCUT2D eigenvalue weighted by atomic mass is 16.5. The van der Waals surface area contributed by atoms with Gasteiger partial charge in [-0.3, -0.25) is 9.69 Å². The van der Waals surface area contributed by atoms with Crippen molar-refractivity contribution in [3.8, 4) is 5.75 Å². The van der Waals surface area contributed by atoms with Gasteiger partial charge >= 0.3 is 5.97 Å². The Kier molecular flexibility index (Phi) is 10.4. The molecular weight excluding hydrogens is 422 g/mol. The van der Waals surface area contributed by atoms with Gasteiger partial charge in [-0.05, 0) is 38.3 Å². The van der Waals surface area contributed by atoms with Gasteiger partial charge in [-0.2, -0.15) is 0 Å².